The molecule has 0 aliphatic heterocycles. The minimum absolute atomic E-state index is 0.0656. The first-order valence-corrected chi connectivity index (χ1v) is 7.87. The molecule has 0 fully saturated rings. The highest BCUT2D eigenvalue weighted by Crippen LogP contribution is 2.19. The number of carbonyl (C=O) groups is 2. The molecule has 0 aliphatic carbocycles. The van der Waals surface area contributed by atoms with Crippen molar-refractivity contribution in [3.8, 4) is 0 Å². The fourth-order valence-corrected chi connectivity index (χ4v) is 2.36. The van der Waals surface area contributed by atoms with Gasteiger partial charge in [-0.2, -0.15) is 5.01 Å². The number of carboxylic acid groups (broad SMARTS) is 1. The Bertz CT molecular complexity index is 450. The zero-order valence-electron chi connectivity index (χ0n) is 13.4. The second kappa shape index (κ2) is 9.95. The van der Waals surface area contributed by atoms with Crippen LogP contribution in [0.1, 0.15) is 39.5 Å². The lowest BCUT2D eigenvalue weighted by molar-refractivity contribution is -0.143. The van der Waals surface area contributed by atoms with Crippen molar-refractivity contribution in [3.63, 3.8) is 0 Å². The summed E-state index contributed by atoms with van der Waals surface area (Å²) in [5.41, 5.74) is 0.911. The topological polar surface area (TPSA) is 60.9 Å². The summed E-state index contributed by atoms with van der Waals surface area (Å²) in [7, 11) is 0. The van der Waals surface area contributed by atoms with Crippen molar-refractivity contribution in [1.29, 1.82) is 0 Å². The summed E-state index contributed by atoms with van der Waals surface area (Å²) in [6.07, 6.45) is 5.11. The second-order valence-electron chi connectivity index (χ2n) is 5.32. The van der Waals surface area contributed by atoms with Crippen LogP contribution in [-0.2, 0) is 9.59 Å². The van der Waals surface area contributed by atoms with Gasteiger partial charge in [0.05, 0.1) is 12.2 Å². The molecule has 0 saturated carbocycles. The van der Waals surface area contributed by atoms with Gasteiger partial charge in [-0.3, -0.25) is 4.79 Å². The van der Waals surface area contributed by atoms with E-state index in [2.05, 4.69) is 6.92 Å². The van der Waals surface area contributed by atoms with E-state index < -0.39 is 12.0 Å². The summed E-state index contributed by atoms with van der Waals surface area (Å²) in [4.78, 5) is 22.3. The van der Waals surface area contributed by atoms with Crippen LogP contribution < -0.4 is 5.01 Å². The number of carboxylic acids is 1. The van der Waals surface area contributed by atoms with Gasteiger partial charge in [-0.15, -0.1) is 0 Å². The third kappa shape index (κ3) is 5.48. The van der Waals surface area contributed by atoms with Crippen molar-refractivity contribution in [2.24, 2.45) is 0 Å². The molecule has 0 aliphatic rings. The van der Waals surface area contributed by atoms with E-state index >= 15 is 0 Å². The molecule has 1 rings (SSSR count). The molecule has 0 heterocycles. The van der Waals surface area contributed by atoms with E-state index in [9.17, 15) is 14.7 Å². The molecule has 22 heavy (non-hydrogen) atoms. The quantitative estimate of drug-likeness (QED) is 0.387. The molecule has 5 heteroatoms. The molecule has 122 valence electrons. The van der Waals surface area contributed by atoms with Crippen molar-refractivity contribution in [2.45, 2.75) is 45.6 Å². The maximum absolute atomic E-state index is 11.3. The number of aliphatic carboxylic acids is 1. The van der Waals surface area contributed by atoms with Gasteiger partial charge in [0.1, 0.15) is 12.3 Å². The van der Waals surface area contributed by atoms with Crippen LogP contribution in [0.4, 0.5) is 5.69 Å². The minimum Gasteiger partial charge on any atom is -0.480 e. The number of hydrogen-bond donors (Lipinski definition) is 1. The molecule has 0 saturated heterocycles. The summed E-state index contributed by atoms with van der Waals surface area (Å²) in [6.45, 7) is 4.53. The summed E-state index contributed by atoms with van der Waals surface area (Å²) in [6, 6.07) is 8.87. The third-order valence-electron chi connectivity index (χ3n) is 3.65. The molecule has 0 radical (unpaired) electrons. The van der Waals surface area contributed by atoms with Crippen molar-refractivity contribution in [3.05, 3.63) is 30.3 Å². The summed E-state index contributed by atoms with van der Waals surface area (Å²) in [5.74, 6) is -0.934. The molecule has 0 amide bonds. The predicted octanol–water partition coefficient (Wildman–Crippen LogP) is 2.96. The van der Waals surface area contributed by atoms with E-state index in [1.807, 2.05) is 35.3 Å². The van der Waals surface area contributed by atoms with Gasteiger partial charge in [0, 0.05) is 6.54 Å². The van der Waals surface area contributed by atoms with Gasteiger partial charge in [-0.25, -0.2) is 0 Å². The maximum atomic E-state index is 11.3. The predicted molar refractivity (Wildman–Crippen MR) is 87.8 cm³/mol. The standard InChI is InChI=1S/C17H26N2O3/c1-3-4-5-9-12-19(16-10-7-6-8-11-16)18(13-14-20)15(2)17(21)22/h6-8,10-11,14-15H,3-5,9,12-13H2,1-2H3,(H,21,22). The summed E-state index contributed by atoms with van der Waals surface area (Å²) in [5, 5.41) is 12.8. The van der Waals surface area contributed by atoms with Gasteiger partial charge < -0.3 is 14.9 Å². The minimum atomic E-state index is -0.934. The summed E-state index contributed by atoms with van der Waals surface area (Å²) >= 11 is 0. The fraction of sp³-hybridized carbons (Fsp3) is 0.529. The fourth-order valence-electron chi connectivity index (χ4n) is 2.36. The van der Waals surface area contributed by atoms with Crippen LogP contribution in [0.15, 0.2) is 30.3 Å². The van der Waals surface area contributed by atoms with Gasteiger partial charge in [0.25, 0.3) is 0 Å². The van der Waals surface area contributed by atoms with Crippen molar-refractivity contribution < 1.29 is 14.7 Å². The number of rotatable bonds is 11. The Balaban J connectivity index is 2.94. The Hall–Kier alpha value is -1.88. The van der Waals surface area contributed by atoms with Gasteiger partial charge in [0.2, 0.25) is 0 Å². The highest BCUT2D eigenvalue weighted by atomic mass is 16.4. The van der Waals surface area contributed by atoms with E-state index in [0.29, 0.717) is 6.54 Å². The van der Waals surface area contributed by atoms with Crippen LogP contribution in [0.2, 0.25) is 0 Å². The van der Waals surface area contributed by atoms with Crippen LogP contribution in [0.5, 0.6) is 0 Å². The molecule has 0 bridgehead atoms. The molecule has 1 aromatic carbocycles. The Morgan fingerprint density at radius 1 is 1.23 bits per heavy atom. The molecule has 0 aromatic heterocycles. The highest BCUT2D eigenvalue weighted by molar-refractivity contribution is 5.74. The Morgan fingerprint density at radius 2 is 1.91 bits per heavy atom. The van der Waals surface area contributed by atoms with Crippen LogP contribution in [0, 0.1) is 0 Å². The number of hydrazine groups is 1. The first-order chi connectivity index (χ1) is 10.6. The third-order valence-corrected chi connectivity index (χ3v) is 3.65. The van der Waals surface area contributed by atoms with E-state index in [1.165, 1.54) is 0 Å². The van der Waals surface area contributed by atoms with Gasteiger partial charge >= 0.3 is 5.97 Å². The first-order valence-electron chi connectivity index (χ1n) is 7.87. The Morgan fingerprint density at radius 3 is 2.45 bits per heavy atom. The van der Waals surface area contributed by atoms with E-state index in [0.717, 1.165) is 37.7 Å². The molecule has 1 unspecified atom stereocenters. The number of hydrogen-bond acceptors (Lipinski definition) is 4. The Labute approximate surface area is 132 Å². The summed E-state index contributed by atoms with van der Waals surface area (Å²) < 4.78 is 0. The van der Waals surface area contributed by atoms with Crippen LogP contribution >= 0.6 is 0 Å². The number of unbranched alkanes of at least 4 members (excludes halogenated alkanes) is 3. The number of carbonyl (C=O) groups excluding carboxylic acids is 1. The highest BCUT2D eigenvalue weighted by Gasteiger charge is 2.26. The monoisotopic (exact) mass is 306 g/mol. The lowest BCUT2D eigenvalue weighted by atomic mass is 10.2. The number of benzene rings is 1. The maximum Gasteiger partial charge on any atom is 0.322 e. The average molecular weight is 306 g/mol. The molecular weight excluding hydrogens is 280 g/mol. The second-order valence-corrected chi connectivity index (χ2v) is 5.32. The number of aldehydes is 1. The van der Waals surface area contributed by atoms with Crippen LogP contribution in [0.3, 0.4) is 0 Å². The molecule has 1 aromatic rings. The zero-order valence-corrected chi connectivity index (χ0v) is 13.4. The molecule has 0 spiro atoms. The largest absolute Gasteiger partial charge is 0.480 e. The molecule has 1 atom stereocenters. The van der Waals surface area contributed by atoms with Crippen molar-refractivity contribution >= 4 is 17.9 Å². The smallest absolute Gasteiger partial charge is 0.322 e. The van der Waals surface area contributed by atoms with Gasteiger partial charge in [-0.05, 0) is 25.5 Å². The van der Waals surface area contributed by atoms with E-state index in [1.54, 1.807) is 11.9 Å². The lowest BCUT2D eigenvalue weighted by Gasteiger charge is -2.38. The normalized spacial score (nSPS) is 12.1. The van der Waals surface area contributed by atoms with E-state index in [-0.39, 0.29) is 6.54 Å². The average Bonchev–Trinajstić information content (AvgIpc) is 2.53. The first kappa shape index (κ1) is 18.2. The van der Waals surface area contributed by atoms with Crippen molar-refractivity contribution in [2.75, 3.05) is 18.1 Å². The number of para-hydroxylation sites is 1. The van der Waals surface area contributed by atoms with Gasteiger partial charge in [-0.1, -0.05) is 44.4 Å². The lowest BCUT2D eigenvalue weighted by Crippen LogP contribution is -2.52. The molecular formula is C17H26N2O3. The van der Waals surface area contributed by atoms with Crippen molar-refractivity contribution in [1.82, 2.24) is 5.01 Å². The molecule has 5 nitrogen and oxygen atoms in total. The van der Waals surface area contributed by atoms with E-state index in [4.69, 9.17) is 0 Å². The van der Waals surface area contributed by atoms with Crippen LogP contribution in [0.25, 0.3) is 0 Å². The number of nitrogens with zero attached hydrogens (tertiary/aromatic N) is 2. The Kier molecular flexibility index (Phi) is 8.22. The number of anilines is 1. The zero-order chi connectivity index (χ0) is 16.4. The van der Waals surface area contributed by atoms with Crippen LogP contribution in [-0.4, -0.2) is 41.5 Å². The SMILES string of the molecule is CCCCCCN(c1ccccc1)N(CC=O)C(C)C(=O)O. The van der Waals surface area contributed by atoms with Gasteiger partial charge in [0.15, 0.2) is 0 Å². The molecule has 1 N–H and O–H groups in total.